The molecular weight excluding hydrogens is 682 g/mol. The monoisotopic (exact) mass is 713 g/mol. The molecule has 0 bridgehead atoms. The quantitative estimate of drug-likeness (QED) is 0.174. The molecule has 4 aromatic carbocycles. The SMILES string of the molecule is COc1cc(Br)cc([C@H]2C3=CC[C@@H]4C(=O)N(c5ccccc5)C(=O)[C@@H]4[C@@H]3C[C@H]3C(=O)C(c4ccccc4)=CC(=O)[C@@]23c2ccccc2)c1O. The summed E-state index contributed by atoms with van der Waals surface area (Å²) in [5, 5.41) is 11.8. The van der Waals surface area contributed by atoms with Crippen molar-refractivity contribution < 1.29 is 29.0 Å². The molecule has 7 nitrogen and oxygen atoms in total. The summed E-state index contributed by atoms with van der Waals surface area (Å²) in [7, 11) is 1.46. The Morgan fingerprint density at radius 3 is 2.16 bits per heavy atom. The number of halogens is 1. The van der Waals surface area contributed by atoms with E-state index in [-0.39, 0.29) is 47.7 Å². The normalized spacial score (nSPS) is 27.6. The first-order valence-corrected chi connectivity index (χ1v) is 17.2. The highest BCUT2D eigenvalue weighted by Gasteiger charge is 2.66. The number of benzene rings is 4. The molecular formula is C41H32BrNO6. The summed E-state index contributed by atoms with van der Waals surface area (Å²) in [6.07, 6.45) is 3.92. The van der Waals surface area contributed by atoms with E-state index in [0.717, 1.165) is 5.57 Å². The van der Waals surface area contributed by atoms with Crippen LogP contribution in [0.2, 0.25) is 0 Å². The van der Waals surface area contributed by atoms with Gasteiger partial charge in [-0.05, 0) is 60.2 Å². The van der Waals surface area contributed by atoms with Crippen LogP contribution in [0.25, 0.3) is 5.57 Å². The van der Waals surface area contributed by atoms with Crippen LogP contribution in [-0.2, 0) is 24.6 Å². The molecule has 0 unspecified atom stereocenters. The van der Waals surface area contributed by atoms with Gasteiger partial charge >= 0.3 is 0 Å². The Morgan fingerprint density at radius 2 is 1.49 bits per heavy atom. The summed E-state index contributed by atoms with van der Waals surface area (Å²) in [6, 6.07) is 30.8. The van der Waals surface area contributed by atoms with Crippen LogP contribution in [-0.4, -0.2) is 35.6 Å². The number of hydrogen-bond donors (Lipinski definition) is 1. The van der Waals surface area contributed by atoms with Crippen molar-refractivity contribution in [3.8, 4) is 11.5 Å². The minimum absolute atomic E-state index is 0.147. The average Bonchev–Trinajstić information content (AvgIpc) is 3.39. The third-order valence-electron chi connectivity index (χ3n) is 11.0. The maximum atomic E-state index is 15.2. The molecule has 4 aromatic rings. The van der Waals surface area contributed by atoms with E-state index in [4.69, 9.17) is 4.74 Å². The molecule has 2 amide bonds. The Balaban J connectivity index is 1.40. The van der Waals surface area contributed by atoms with Crippen molar-refractivity contribution in [3.05, 3.63) is 142 Å². The number of Topliss-reactive ketones (excluding diaryl/α,β-unsaturated/α-hetero) is 1. The van der Waals surface area contributed by atoms with Gasteiger partial charge in [-0.25, -0.2) is 0 Å². The molecule has 49 heavy (non-hydrogen) atoms. The Bertz CT molecular complexity index is 2090. The third kappa shape index (κ3) is 4.53. The second-order valence-electron chi connectivity index (χ2n) is 13.2. The van der Waals surface area contributed by atoms with Crippen LogP contribution in [0.3, 0.4) is 0 Å². The molecule has 1 saturated heterocycles. The number of hydrogen-bond acceptors (Lipinski definition) is 6. The molecule has 244 valence electrons. The Labute approximate surface area is 292 Å². The molecule has 0 spiro atoms. The second kappa shape index (κ2) is 11.8. The van der Waals surface area contributed by atoms with Gasteiger partial charge in [0.1, 0.15) is 0 Å². The van der Waals surface area contributed by atoms with E-state index in [0.29, 0.717) is 32.4 Å². The van der Waals surface area contributed by atoms with Crippen LogP contribution in [0.5, 0.6) is 11.5 Å². The zero-order valence-corrected chi connectivity index (χ0v) is 28.2. The van der Waals surface area contributed by atoms with Gasteiger partial charge in [0.2, 0.25) is 11.8 Å². The van der Waals surface area contributed by atoms with E-state index < -0.39 is 35.0 Å². The molecule has 0 radical (unpaired) electrons. The number of fused-ring (bicyclic) bond motifs is 4. The summed E-state index contributed by atoms with van der Waals surface area (Å²) in [5.74, 6) is -4.66. The zero-order valence-electron chi connectivity index (χ0n) is 26.6. The lowest BCUT2D eigenvalue weighted by atomic mass is 9.44. The van der Waals surface area contributed by atoms with Gasteiger partial charge in [-0.3, -0.25) is 24.1 Å². The number of aromatic hydroxyl groups is 1. The fourth-order valence-corrected chi connectivity index (χ4v) is 9.47. The van der Waals surface area contributed by atoms with E-state index in [1.54, 1.807) is 36.4 Å². The third-order valence-corrected chi connectivity index (χ3v) is 11.4. The van der Waals surface area contributed by atoms with Crippen LogP contribution < -0.4 is 9.64 Å². The van der Waals surface area contributed by atoms with Crippen molar-refractivity contribution in [1.82, 2.24) is 0 Å². The summed E-state index contributed by atoms with van der Waals surface area (Å²) in [4.78, 5) is 59.9. The smallest absolute Gasteiger partial charge is 0.238 e. The first-order valence-electron chi connectivity index (χ1n) is 16.4. The molecule has 1 heterocycles. The van der Waals surface area contributed by atoms with Gasteiger partial charge in [0.05, 0.1) is 30.0 Å². The van der Waals surface area contributed by atoms with Crippen LogP contribution >= 0.6 is 15.9 Å². The topological polar surface area (TPSA) is 101 Å². The number of methoxy groups -OCH3 is 1. The molecule has 4 aliphatic rings. The minimum Gasteiger partial charge on any atom is -0.504 e. The van der Waals surface area contributed by atoms with Crippen molar-refractivity contribution in [2.45, 2.75) is 24.2 Å². The lowest BCUT2D eigenvalue weighted by Gasteiger charge is -2.55. The molecule has 8 rings (SSSR count). The largest absolute Gasteiger partial charge is 0.504 e. The number of phenols is 1. The van der Waals surface area contributed by atoms with Crippen LogP contribution in [0.1, 0.15) is 35.4 Å². The molecule has 1 aliphatic heterocycles. The summed E-state index contributed by atoms with van der Waals surface area (Å²) in [6.45, 7) is 0. The van der Waals surface area contributed by atoms with E-state index in [9.17, 15) is 14.7 Å². The minimum atomic E-state index is -1.46. The lowest BCUT2D eigenvalue weighted by molar-refractivity contribution is -0.135. The Morgan fingerprint density at radius 1 is 0.837 bits per heavy atom. The number of anilines is 1. The van der Waals surface area contributed by atoms with Crippen LogP contribution in [0.4, 0.5) is 5.69 Å². The number of imide groups is 1. The van der Waals surface area contributed by atoms with Crippen molar-refractivity contribution in [2.75, 3.05) is 12.0 Å². The number of carbonyl (C=O) groups is 4. The number of ketones is 2. The van der Waals surface area contributed by atoms with Gasteiger partial charge < -0.3 is 9.84 Å². The first-order chi connectivity index (χ1) is 23.8. The highest BCUT2D eigenvalue weighted by Crippen LogP contribution is 2.65. The van der Waals surface area contributed by atoms with Crippen molar-refractivity contribution in [1.29, 1.82) is 0 Å². The molecule has 0 aromatic heterocycles. The standard InChI is InChI=1S/C41H32BrNO6/c1-49-33-20-25(42)19-31(38(33)46)36-27-17-18-28-35(40(48)43(39(28)47)26-15-9-4-10-16-26)30(27)21-32-37(45)29(23-11-5-2-6-12-23)22-34(44)41(32,36)24-13-7-3-8-14-24/h2-17,19-20,22,28,30,32,35-36,46H,18,21H2,1H3/t28-,30+,32-,35-,36+,41-/m0/s1. The summed E-state index contributed by atoms with van der Waals surface area (Å²) >= 11 is 3.59. The van der Waals surface area contributed by atoms with E-state index in [2.05, 4.69) is 15.9 Å². The summed E-state index contributed by atoms with van der Waals surface area (Å²) in [5.41, 5.74) is 1.82. The Hall–Kier alpha value is -5.08. The predicted molar refractivity (Wildman–Crippen MR) is 188 cm³/mol. The molecule has 1 saturated carbocycles. The fraction of sp³-hybridized carbons (Fsp3) is 0.220. The molecule has 3 aliphatic carbocycles. The highest BCUT2D eigenvalue weighted by atomic mass is 79.9. The van der Waals surface area contributed by atoms with Crippen molar-refractivity contribution in [3.63, 3.8) is 0 Å². The Kier molecular flexibility index (Phi) is 7.52. The van der Waals surface area contributed by atoms with Crippen molar-refractivity contribution >= 4 is 50.6 Å². The number of carbonyl (C=O) groups excluding carboxylic acids is 4. The molecule has 8 heteroatoms. The van der Waals surface area contributed by atoms with Crippen LogP contribution in [0, 0.1) is 23.7 Å². The van der Waals surface area contributed by atoms with Gasteiger partial charge in [-0.2, -0.15) is 0 Å². The van der Waals surface area contributed by atoms with E-state index in [1.807, 2.05) is 72.8 Å². The van der Waals surface area contributed by atoms with E-state index >= 15 is 9.59 Å². The number of nitrogens with zero attached hydrogens (tertiary/aromatic N) is 1. The number of allylic oxidation sites excluding steroid dienone is 4. The fourth-order valence-electron chi connectivity index (χ4n) is 9.02. The average molecular weight is 715 g/mol. The lowest BCUT2D eigenvalue weighted by Crippen LogP contribution is -2.58. The predicted octanol–water partition coefficient (Wildman–Crippen LogP) is 7.19. The van der Waals surface area contributed by atoms with Crippen LogP contribution in [0.15, 0.2) is 125 Å². The van der Waals surface area contributed by atoms with Gasteiger partial charge in [0.15, 0.2) is 23.1 Å². The molecule has 6 atom stereocenters. The summed E-state index contributed by atoms with van der Waals surface area (Å²) < 4.78 is 6.20. The molecule has 1 N–H and O–H groups in total. The highest BCUT2D eigenvalue weighted by molar-refractivity contribution is 9.10. The maximum Gasteiger partial charge on any atom is 0.238 e. The number of ether oxygens (including phenoxy) is 1. The van der Waals surface area contributed by atoms with Crippen molar-refractivity contribution in [2.24, 2.45) is 23.7 Å². The van der Waals surface area contributed by atoms with Gasteiger partial charge in [-0.15, -0.1) is 0 Å². The molecule has 2 fully saturated rings. The second-order valence-corrected chi connectivity index (χ2v) is 14.1. The first kappa shape index (κ1) is 31.2. The number of amides is 2. The van der Waals surface area contributed by atoms with Gasteiger partial charge in [0, 0.05) is 27.4 Å². The zero-order chi connectivity index (χ0) is 34.0. The van der Waals surface area contributed by atoms with Gasteiger partial charge in [0.25, 0.3) is 0 Å². The van der Waals surface area contributed by atoms with Gasteiger partial charge in [-0.1, -0.05) is 106 Å². The maximum absolute atomic E-state index is 15.2. The number of phenolic OH excluding ortho intramolecular Hbond substituents is 1. The number of para-hydroxylation sites is 1. The number of rotatable bonds is 5. The van der Waals surface area contributed by atoms with E-state index in [1.165, 1.54) is 18.1 Å².